The maximum Gasteiger partial charge on any atom is 0.319 e. The van der Waals surface area contributed by atoms with Crippen molar-refractivity contribution >= 4 is 54.7 Å². The van der Waals surface area contributed by atoms with Crippen molar-refractivity contribution in [2.75, 3.05) is 50.0 Å². The highest BCUT2D eigenvalue weighted by Crippen LogP contribution is 2.51. The number of alkyl halides is 1. The number of nitrogens with two attached hydrogens (primary N) is 1. The van der Waals surface area contributed by atoms with Gasteiger partial charge in [-0.1, -0.05) is 17.7 Å². The number of rotatable bonds is 6. The number of nitrogen functional groups attached to an aromatic ring is 1. The highest BCUT2D eigenvalue weighted by molar-refractivity contribution is 7.23. The lowest BCUT2D eigenvalue weighted by molar-refractivity contribution is 0.107. The van der Waals surface area contributed by atoms with E-state index in [1.807, 2.05) is 6.07 Å². The number of fused-ring (bicyclic) bond motifs is 2. The molecule has 14 heteroatoms. The number of thiophene rings is 1. The number of hydrogen-bond acceptors (Lipinski definition) is 10. The number of aromatic nitrogens is 2. The van der Waals surface area contributed by atoms with Gasteiger partial charge < -0.3 is 25.2 Å². The number of nitriles is 1. The molecule has 4 aromatic rings. The summed E-state index contributed by atoms with van der Waals surface area (Å²) in [6.45, 7) is 3.45. The number of benzene rings is 2. The topological polar surface area (TPSA) is 121 Å². The van der Waals surface area contributed by atoms with Crippen LogP contribution in [0.3, 0.4) is 0 Å². The molecule has 9 nitrogen and oxygen atoms in total. The van der Waals surface area contributed by atoms with Gasteiger partial charge in [-0.15, -0.1) is 11.3 Å². The molecular weight excluding hydrogens is 617 g/mol. The van der Waals surface area contributed by atoms with E-state index < -0.39 is 29.4 Å². The average molecular weight is 645 g/mol. The van der Waals surface area contributed by atoms with Gasteiger partial charge in [-0.25, -0.2) is 13.2 Å². The molecule has 2 fully saturated rings. The van der Waals surface area contributed by atoms with Gasteiger partial charge in [0, 0.05) is 30.5 Å². The van der Waals surface area contributed by atoms with Crippen LogP contribution in [-0.4, -0.2) is 77.2 Å². The van der Waals surface area contributed by atoms with Crippen LogP contribution in [0.2, 0.25) is 5.02 Å². The minimum atomic E-state index is -0.957. The third-order valence-electron chi connectivity index (χ3n) is 8.76. The van der Waals surface area contributed by atoms with Gasteiger partial charge in [-0.2, -0.15) is 15.2 Å². The number of hydrogen-bond donors (Lipinski definition) is 2. The Morgan fingerprint density at radius 1 is 1.32 bits per heavy atom. The zero-order chi connectivity index (χ0) is 30.9. The molecule has 5 heterocycles. The highest BCUT2D eigenvalue weighted by Gasteiger charge is 2.49. The van der Waals surface area contributed by atoms with Gasteiger partial charge in [0.2, 0.25) is 0 Å². The standard InChI is InChI=1S/C30H28ClF3N6O3S/c1-14(41)11-39-7-8-42-25-21-24(37-29(38-28(21)39)43-13-30-5-2-6-40(30)12-15(32)9-30)23(34)20(22(25)31)16-3-4-18(33)26-19(16)17(10-35)27(36)44-26/h3-4,14-15,41H,2,5-9,11-13,36H2,1H3/t14-,15+,30-/m0/s1. The Morgan fingerprint density at radius 2 is 2.14 bits per heavy atom. The van der Waals surface area contributed by atoms with Crippen LogP contribution in [0.25, 0.3) is 32.1 Å². The Hall–Kier alpha value is -3.57. The minimum absolute atomic E-state index is 0.0143. The van der Waals surface area contributed by atoms with Crippen molar-refractivity contribution in [1.29, 1.82) is 5.26 Å². The van der Waals surface area contributed by atoms with Crippen molar-refractivity contribution in [3.63, 3.8) is 0 Å². The molecule has 3 aliphatic heterocycles. The number of aliphatic hydroxyl groups excluding tert-OH is 1. The van der Waals surface area contributed by atoms with Crippen molar-refractivity contribution in [3.05, 3.63) is 34.4 Å². The van der Waals surface area contributed by atoms with Gasteiger partial charge in [0.25, 0.3) is 0 Å². The fourth-order valence-electron chi connectivity index (χ4n) is 6.92. The van der Waals surface area contributed by atoms with Crippen LogP contribution >= 0.6 is 22.9 Å². The average Bonchev–Trinajstić information content (AvgIpc) is 3.58. The Bertz CT molecular complexity index is 1870. The Labute approximate surface area is 259 Å². The van der Waals surface area contributed by atoms with Crippen molar-refractivity contribution in [1.82, 2.24) is 14.9 Å². The molecule has 0 amide bonds. The minimum Gasteiger partial charge on any atom is -0.489 e. The highest BCUT2D eigenvalue weighted by atomic mass is 35.5. The van der Waals surface area contributed by atoms with Crippen LogP contribution in [0, 0.1) is 23.0 Å². The molecule has 3 atom stereocenters. The van der Waals surface area contributed by atoms with Gasteiger partial charge in [-0.3, -0.25) is 4.90 Å². The zero-order valence-electron chi connectivity index (χ0n) is 23.7. The molecule has 0 unspecified atom stereocenters. The molecule has 0 spiro atoms. The molecule has 2 aromatic carbocycles. The van der Waals surface area contributed by atoms with Crippen LogP contribution in [0.4, 0.5) is 24.0 Å². The van der Waals surface area contributed by atoms with E-state index in [0.29, 0.717) is 19.5 Å². The predicted molar refractivity (Wildman–Crippen MR) is 162 cm³/mol. The summed E-state index contributed by atoms with van der Waals surface area (Å²) in [5, 5.41) is 20.4. The lowest BCUT2D eigenvalue weighted by atomic mass is 9.95. The monoisotopic (exact) mass is 644 g/mol. The number of β-amino-alcohol motifs (C(OH)–C–C–N with tert-alkyl or cyclic N) is 1. The molecule has 230 valence electrons. The zero-order valence-corrected chi connectivity index (χ0v) is 25.2. The summed E-state index contributed by atoms with van der Waals surface area (Å²) in [6.07, 6.45) is 0.307. The summed E-state index contributed by atoms with van der Waals surface area (Å²) < 4.78 is 58.5. The van der Waals surface area contributed by atoms with Crippen molar-refractivity contribution < 1.29 is 27.8 Å². The SMILES string of the molecule is C[C@H](O)CN1CCOc2c(Cl)c(-c3ccc(F)c4sc(N)c(C#N)c34)c(F)c3nc(OC[C@@]45CCCN4C[C@H](F)C5)nc1c23. The van der Waals surface area contributed by atoms with E-state index in [9.17, 15) is 19.1 Å². The fourth-order valence-corrected chi connectivity index (χ4v) is 8.20. The van der Waals surface area contributed by atoms with E-state index in [1.165, 1.54) is 12.1 Å². The summed E-state index contributed by atoms with van der Waals surface area (Å²) >= 11 is 7.79. The first kappa shape index (κ1) is 29.2. The predicted octanol–water partition coefficient (Wildman–Crippen LogP) is 5.43. The molecule has 44 heavy (non-hydrogen) atoms. The molecule has 0 aliphatic carbocycles. The second-order valence-electron chi connectivity index (χ2n) is 11.6. The molecule has 0 saturated carbocycles. The maximum atomic E-state index is 16.9. The van der Waals surface area contributed by atoms with Gasteiger partial charge in [0.15, 0.2) is 11.6 Å². The van der Waals surface area contributed by atoms with Crippen LogP contribution < -0.4 is 20.1 Å². The second kappa shape index (κ2) is 10.8. The smallest absolute Gasteiger partial charge is 0.319 e. The van der Waals surface area contributed by atoms with Crippen LogP contribution in [0.15, 0.2) is 12.1 Å². The summed E-state index contributed by atoms with van der Waals surface area (Å²) in [5.41, 5.74) is 5.43. The molecule has 3 aliphatic rings. The number of ether oxygens (including phenoxy) is 2. The van der Waals surface area contributed by atoms with Crippen molar-refractivity contribution in [3.8, 4) is 29.0 Å². The molecule has 0 radical (unpaired) electrons. The fraction of sp³-hybridized carbons (Fsp3) is 0.433. The number of aliphatic hydroxyl groups is 1. The van der Waals surface area contributed by atoms with Crippen molar-refractivity contribution in [2.45, 2.75) is 44.0 Å². The quantitative estimate of drug-likeness (QED) is 0.283. The molecule has 0 bridgehead atoms. The number of halogens is 4. The first-order chi connectivity index (χ1) is 21.1. The van der Waals surface area contributed by atoms with E-state index >= 15 is 4.39 Å². The van der Waals surface area contributed by atoms with E-state index in [1.54, 1.807) is 11.8 Å². The lowest BCUT2D eigenvalue weighted by Gasteiger charge is -2.31. The lowest BCUT2D eigenvalue weighted by Crippen LogP contribution is -2.43. The van der Waals surface area contributed by atoms with Crippen LogP contribution in [0.5, 0.6) is 11.8 Å². The van der Waals surface area contributed by atoms with Crippen molar-refractivity contribution in [2.24, 2.45) is 0 Å². The van der Waals surface area contributed by atoms with E-state index in [4.69, 9.17) is 26.8 Å². The normalized spacial score (nSPS) is 22.2. The largest absolute Gasteiger partial charge is 0.489 e. The van der Waals surface area contributed by atoms with Crippen LogP contribution in [-0.2, 0) is 0 Å². The van der Waals surface area contributed by atoms with Gasteiger partial charge >= 0.3 is 6.01 Å². The first-order valence-corrected chi connectivity index (χ1v) is 15.5. The molecule has 2 aromatic heterocycles. The third kappa shape index (κ3) is 4.50. The van der Waals surface area contributed by atoms with Gasteiger partial charge in [0.05, 0.1) is 38.9 Å². The number of nitrogens with zero attached hydrogens (tertiary/aromatic N) is 5. The third-order valence-corrected chi connectivity index (χ3v) is 10.2. The Morgan fingerprint density at radius 3 is 2.91 bits per heavy atom. The summed E-state index contributed by atoms with van der Waals surface area (Å²) in [4.78, 5) is 13.0. The molecule has 2 saturated heterocycles. The summed E-state index contributed by atoms with van der Waals surface area (Å²) in [7, 11) is 0. The maximum absolute atomic E-state index is 16.9. The van der Waals surface area contributed by atoms with Crippen LogP contribution in [0.1, 0.15) is 31.7 Å². The second-order valence-corrected chi connectivity index (χ2v) is 13.1. The molecule has 7 rings (SSSR count). The van der Waals surface area contributed by atoms with Gasteiger partial charge in [-0.05, 0) is 37.9 Å². The van der Waals surface area contributed by atoms with E-state index in [0.717, 1.165) is 30.7 Å². The number of anilines is 2. The van der Waals surface area contributed by atoms with E-state index in [2.05, 4.69) is 14.9 Å². The first-order valence-electron chi connectivity index (χ1n) is 14.3. The Kier molecular flexibility index (Phi) is 7.16. The summed E-state index contributed by atoms with van der Waals surface area (Å²) in [5.74, 6) is -1.08. The Balaban J connectivity index is 1.45. The van der Waals surface area contributed by atoms with Gasteiger partial charge in [0.1, 0.15) is 47.6 Å². The van der Waals surface area contributed by atoms with E-state index in [-0.39, 0.29) is 85.0 Å². The summed E-state index contributed by atoms with van der Waals surface area (Å²) in [6, 6.07) is 4.41. The molecular formula is C30H28ClF3N6O3S. The molecule has 3 N–H and O–H groups in total.